The molecule has 0 atom stereocenters. The average Bonchev–Trinajstić information content (AvgIpc) is 0.722. The van der Waals surface area contributed by atoms with Crippen molar-refractivity contribution in [3.8, 4) is 0 Å². The fourth-order valence-electron chi connectivity index (χ4n) is 0. The van der Waals surface area contributed by atoms with Crippen LogP contribution >= 0.6 is 0 Å². The van der Waals surface area contributed by atoms with Crippen molar-refractivity contribution in [3.05, 3.63) is 0 Å². The van der Waals surface area contributed by atoms with Gasteiger partial charge in [-0.3, -0.25) is 0 Å². The van der Waals surface area contributed by atoms with E-state index >= 15 is 0 Å². The van der Waals surface area contributed by atoms with Gasteiger partial charge in [-0.05, 0) is 0 Å². The summed E-state index contributed by atoms with van der Waals surface area (Å²) < 4.78 is 31.9. The van der Waals surface area contributed by atoms with Gasteiger partial charge in [0.1, 0.15) is 0 Å². The van der Waals surface area contributed by atoms with Gasteiger partial charge in [0, 0.05) is 0 Å². The summed E-state index contributed by atoms with van der Waals surface area (Å²) in [5.74, 6) is 0. The molecule has 0 aliphatic carbocycles. The van der Waals surface area contributed by atoms with Gasteiger partial charge in [0.05, 0.1) is 0 Å². The van der Waals surface area contributed by atoms with Crippen LogP contribution in [-0.4, -0.2) is 22.7 Å². The van der Waals surface area contributed by atoms with Gasteiger partial charge in [0.15, 0.2) is 0 Å². The maximum Gasteiger partial charge on any atom is 2.00 e. The van der Waals surface area contributed by atoms with E-state index in [2.05, 4.69) is 0 Å². The zero-order valence-corrected chi connectivity index (χ0v) is 7.71. The normalized spacial score (nSPS) is 9.83. The minimum Gasteiger partial charge on any atom is 2.00 e. The zero-order chi connectivity index (χ0) is 4.50. The maximum atomic E-state index is 8.83. The molecule has 0 unspecified atom stereocenters. The topological polar surface area (TPSA) is 80.6 Å². The van der Waals surface area contributed by atoms with Crippen molar-refractivity contribution in [2.45, 2.75) is 0 Å². The number of hydrogen-bond acceptors (Lipinski definition) is 2. The molecule has 0 aromatic carbocycles. The second-order valence-electron chi connectivity index (χ2n) is 0.491. The van der Waals surface area contributed by atoms with Crippen LogP contribution in [-0.2, 0) is 23.2 Å². The predicted octanol–water partition coefficient (Wildman–Crippen LogP) is -2.81. The molecule has 0 heterocycles. The molecule has 0 aromatic rings. The molecule has 0 aliphatic heterocycles. The Morgan fingerprint density at radius 1 is 1.50 bits per heavy atom. The monoisotopic (exact) mass is 205 g/mol. The minimum absolute atomic E-state index is 0. The first-order chi connectivity index (χ1) is 2.00. The Morgan fingerprint density at radius 3 is 1.50 bits per heavy atom. The van der Waals surface area contributed by atoms with Crippen molar-refractivity contribution < 1.29 is 35.5 Å². The molecule has 0 saturated heterocycles. The molecule has 0 aliphatic rings. The summed E-state index contributed by atoms with van der Waals surface area (Å²) in [7, 11) is 0. The van der Waals surface area contributed by atoms with E-state index in [1.54, 1.807) is 0 Å². The molecule has 6 heteroatoms. The van der Waals surface area contributed by atoms with Crippen LogP contribution in [0.5, 0.6) is 0 Å². The Hall–Kier alpha value is 0.862. The van der Waals surface area contributed by atoms with E-state index in [-0.39, 0.29) is 19.5 Å². The molecule has 32 valence electrons. The van der Waals surface area contributed by atoms with E-state index in [0.717, 1.165) is 0 Å². The molecular formula is H2AsO4Zn+. The van der Waals surface area contributed by atoms with Crippen LogP contribution in [0, 0.1) is 0 Å². The maximum absolute atomic E-state index is 8.83. The van der Waals surface area contributed by atoms with Gasteiger partial charge < -0.3 is 0 Å². The zero-order valence-electron chi connectivity index (χ0n) is 2.87. The summed E-state index contributed by atoms with van der Waals surface area (Å²) in [6, 6.07) is 0. The van der Waals surface area contributed by atoms with Gasteiger partial charge >= 0.3 is 50.0 Å². The third-order valence-corrected chi connectivity index (χ3v) is 0. The predicted molar refractivity (Wildman–Crippen MR) is 10.9 cm³/mol. The first-order valence-corrected chi connectivity index (χ1v) is 3.98. The molecule has 0 aromatic heterocycles. The summed E-state index contributed by atoms with van der Waals surface area (Å²) in [6.45, 7) is 0. The quantitative estimate of drug-likeness (QED) is 0.419. The third-order valence-electron chi connectivity index (χ3n) is 0. The molecule has 0 amide bonds. The number of hydrogen-bond donors (Lipinski definition) is 2. The van der Waals surface area contributed by atoms with Crippen molar-refractivity contribution in [1.29, 1.82) is 0 Å². The van der Waals surface area contributed by atoms with Crippen LogP contribution in [0.15, 0.2) is 0 Å². The van der Waals surface area contributed by atoms with E-state index in [1.807, 2.05) is 0 Å². The third kappa shape index (κ3) is 97.6. The van der Waals surface area contributed by atoms with Gasteiger partial charge in [0.25, 0.3) is 0 Å². The summed E-state index contributed by atoms with van der Waals surface area (Å²) in [5, 5.41) is 0. The Balaban J connectivity index is 0. The molecule has 4 nitrogen and oxygen atoms in total. The molecule has 6 heavy (non-hydrogen) atoms. The number of rotatable bonds is 0. The second kappa shape index (κ2) is 2.94. The van der Waals surface area contributed by atoms with Gasteiger partial charge in [-0.15, -0.1) is 0 Å². The average molecular weight is 206 g/mol. The van der Waals surface area contributed by atoms with Crippen LogP contribution in [0.1, 0.15) is 0 Å². The summed E-state index contributed by atoms with van der Waals surface area (Å²) in [4.78, 5) is 0. The summed E-state index contributed by atoms with van der Waals surface area (Å²) in [6.07, 6.45) is 0. The van der Waals surface area contributed by atoms with Crippen LogP contribution < -0.4 is 4.10 Å². The molecule has 0 spiro atoms. The summed E-state index contributed by atoms with van der Waals surface area (Å²) >= 11 is -5.38. The Bertz CT molecular complexity index is 53.7. The van der Waals surface area contributed by atoms with Crippen LogP contribution in [0.25, 0.3) is 0 Å². The van der Waals surface area contributed by atoms with Crippen molar-refractivity contribution in [3.63, 3.8) is 0 Å². The van der Waals surface area contributed by atoms with E-state index in [4.69, 9.17) is 16.0 Å². The Morgan fingerprint density at radius 2 is 1.50 bits per heavy atom. The van der Waals surface area contributed by atoms with E-state index in [9.17, 15) is 0 Å². The fourth-order valence-corrected chi connectivity index (χ4v) is 0. The smallest absolute Gasteiger partial charge is 2.00 e. The largest absolute Gasteiger partial charge is 2.00 e. The van der Waals surface area contributed by atoms with Crippen molar-refractivity contribution >= 4 is 14.5 Å². The van der Waals surface area contributed by atoms with Gasteiger partial charge in [0.2, 0.25) is 0 Å². The Kier molecular flexibility index (Phi) is 4.89. The SMILES string of the molecule is O=[As]([O-])(O)O.[Zn+2]. The van der Waals surface area contributed by atoms with E-state index in [0.29, 0.717) is 0 Å². The first kappa shape index (κ1) is 9.97. The standard InChI is InChI=1S/AsH3O4.Zn/c2-1(3,4)5;/h(H3,2,3,4,5);/q;+2/p-1. The molecule has 0 radical (unpaired) electrons. The first-order valence-electron chi connectivity index (χ1n) is 0.765. The molecule has 0 fully saturated rings. The molecule has 0 rings (SSSR count). The minimum atomic E-state index is -5.38. The molecular weight excluding hydrogens is 204 g/mol. The van der Waals surface area contributed by atoms with Crippen molar-refractivity contribution in [1.82, 2.24) is 0 Å². The van der Waals surface area contributed by atoms with Gasteiger partial charge in [-0.25, -0.2) is 0 Å². The second-order valence-corrected chi connectivity index (χ2v) is 2.55. The molecule has 0 bridgehead atoms. The molecule has 2 N–H and O–H groups in total. The van der Waals surface area contributed by atoms with Crippen LogP contribution in [0.4, 0.5) is 0 Å². The van der Waals surface area contributed by atoms with Crippen LogP contribution in [0.3, 0.4) is 0 Å². The van der Waals surface area contributed by atoms with Gasteiger partial charge in [-0.2, -0.15) is 0 Å². The van der Waals surface area contributed by atoms with E-state index < -0.39 is 14.5 Å². The fraction of sp³-hybridized carbons (Fsp3) is 0. The van der Waals surface area contributed by atoms with Crippen molar-refractivity contribution in [2.24, 2.45) is 0 Å². The summed E-state index contributed by atoms with van der Waals surface area (Å²) in [5.41, 5.74) is 0. The van der Waals surface area contributed by atoms with Crippen LogP contribution in [0.2, 0.25) is 0 Å². The van der Waals surface area contributed by atoms with E-state index in [1.165, 1.54) is 0 Å². The Labute approximate surface area is 50.3 Å². The molecule has 0 saturated carbocycles. The van der Waals surface area contributed by atoms with Gasteiger partial charge in [-0.1, -0.05) is 0 Å². The van der Waals surface area contributed by atoms with Crippen molar-refractivity contribution in [2.75, 3.05) is 0 Å².